The van der Waals surface area contributed by atoms with Crippen molar-refractivity contribution in [2.24, 2.45) is 0 Å². The summed E-state index contributed by atoms with van der Waals surface area (Å²) in [4.78, 5) is 0. The van der Waals surface area contributed by atoms with E-state index in [1.807, 2.05) is 0 Å². The Morgan fingerprint density at radius 1 is 1.03 bits per heavy atom. The number of rotatable bonds is 4. The maximum Gasteiger partial charge on any atom is 0.417 e. The third kappa shape index (κ3) is 5.49. The number of halogens is 8. The van der Waals surface area contributed by atoms with Gasteiger partial charge in [0.1, 0.15) is 5.82 Å². The van der Waals surface area contributed by atoms with Crippen molar-refractivity contribution in [2.45, 2.75) is 37.7 Å². The lowest BCUT2D eigenvalue weighted by molar-refractivity contribution is -0.200. The molecule has 31 heavy (non-hydrogen) atoms. The highest BCUT2D eigenvalue weighted by Crippen LogP contribution is 2.44. The Labute approximate surface area is 178 Å². The predicted octanol–water partition coefficient (Wildman–Crippen LogP) is 6.28. The van der Waals surface area contributed by atoms with E-state index in [1.54, 1.807) is 0 Å². The molecule has 1 heterocycles. The normalized spacial score (nSPS) is 21.2. The van der Waals surface area contributed by atoms with Crippen LogP contribution in [0.25, 0.3) is 0 Å². The van der Waals surface area contributed by atoms with Crippen molar-refractivity contribution < 1.29 is 40.2 Å². The van der Waals surface area contributed by atoms with Crippen LogP contribution in [-0.4, -0.2) is 19.4 Å². The lowest BCUT2D eigenvalue weighted by Gasteiger charge is -2.35. The Morgan fingerprint density at radius 3 is 2.10 bits per heavy atom. The van der Waals surface area contributed by atoms with Crippen LogP contribution < -0.4 is 5.32 Å². The van der Waals surface area contributed by atoms with Gasteiger partial charge in [0.15, 0.2) is 6.29 Å². The van der Waals surface area contributed by atoms with Gasteiger partial charge in [0.2, 0.25) is 0 Å². The Morgan fingerprint density at radius 2 is 1.58 bits per heavy atom. The summed E-state index contributed by atoms with van der Waals surface area (Å²) in [5.41, 5.74) is -2.99. The third-order valence-electron chi connectivity index (χ3n) is 4.76. The van der Waals surface area contributed by atoms with E-state index in [0.717, 1.165) is 0 Å². The van der Waals surface area contributed by atoms with Gasteiger partial charge in [0, 0.05) is 6.54 Å². The van der Waals surface area contributed by atoms with Crippen LogP contribution >= 0.6 is 11.6 Å². The molecular weight excluding hydrogens is 455 g/mol. The molecule has 1 unspecified atom stereocenters. The van der Waals surface area contributed by atoms with E-state index in [2.05, 4.69) is 5.32 Å². The van der Waals surface area contributed by atoms with Crippen LogP contribution in [0.5, 0.6) is 0 Å². The summed E-state index contributed by atoms with van der Waals surface area (Å²) in [6.07, 6.45) is -12.4. The van der Waals surface area contributed by atoms with Crippen molar-refractivity contribution in [1.29, 1.82) is 0 Å². The number of benzene rings is 2. The van der Waals surface area contributed by atoms with Crippen LogP contribution in [0.15, 0.2) is 36.4 Å². The van der Waals surface area contributed by atoms with Gasteiger partial charge in [-0.2, -0.15) is 26.3 Å². The third-order valence-corrected chi connectivity index (χ3v) is 5.17. The zero-order valence-corrected chi connectivity index (χ0v) is 16.7. The molecule has 2 aromatic rings. The van der Waals surface area contributed by atoms with Gasteiger partial charge in [0.25, 0.3) is 0 Å². The summed E-state index contributed by atoms with van der Waals surface area (Å²) < 4.78 is 104. The second-order valence-corrected chi connectivity index (χ2v) is 7.30. The number of hydrogen-bond acceptors (Lipinski definition) is 3. The maximum atomic E-state index is 13.3. The first kappa shape index (κ1) is 23.8. The van der Waals surface area contributed by atoms with Crippen LogP contribution in [0.1, 0.15) is 41.3 Å². The summed E-state index contributed by atoms with van der Waals surface area (Å²) in [5.74, 6) is -0.466. The lowest BCUT2D eigenvalue weighted by Crippen LogP contribution is -2.43. The lowest BCUT2D eigenvalue weighted by atomic mass is 10.0. The topological polar surface area (TPSA) is 30.5 Å². The van der Waals surface area contributed by atoms with Gasteiger partial charge in [-0.05, 0) is 42.3 Å². The zero-order valence-electron chi connectivity index (χ0n) is 16.0. The van der Waals surface area contributed by atoms with Gasteiger partial charge in [-0.3, -0.25) is 0 Å². The quantitative estimate of drug-likeness (QED) is 0.532. The maximum absolute atomic E-state index is 13.3. The molecule has 170 valence electrons. The van der Waals surface area contributed by atoms with Crippen molar-refractivity contribution in [2.75, 3.05) is 13.2 Å². The summed E-state index contributed by atoms with van der Waals surface area (Å²) >= 11 is 5.42. The van der Waals surface area contributed by atoms with Crippen molar-refractivity contribution in [1.82, 2.24) is 5.32 Å². The minimum absolute atomic E-state index is 0.206. The Balaban J connectivity index is 1.92. The minimum atomic E-state index is -5.09. The summed E-state index contributed by atoms with van der Waals surface area (Å²) in [6, 6.07) is 5.86. The molecule has 1 aliphatic rings. The highest BCUT2D eigenvalue weighted by Gasteiger charge is 2.41. The monoisotopic (exact) mass is 471 g/mol. The fraction of sp³-hybridized carbons (Fsp3) is 0.400. The van der Waals surface area contributed by atoms with Gasteiger partial charge in [-0.1, -0.05) is 23.7 Å². The predicted molar refractivity (Wildman–Crippen MR) is 97.8 cm³/mol. The first-order chi connectivity index (χ1) is 14.4. The molecule has 0 amide bonds. The van der Waals surface area contributed by atoms with E-state index in [-0.39, 0.29) is 12.2 Å². The van der Waals surface area contributed by atoms with Crippen LogP contribution in [0, 0.1) is 5.82 Å². The molecule has 0 bridgehead atoms. The van der Waals surface area contributed by atoms with E-state index in [9.17, 15) is 30.7 Å². The minimum Gasteiger partial charge on any atom is -0.349 e. The van der Waals surface area contributed by atoms with Gasteiger partial charge in [-0.15, -0.1) is 0 Å². The SMILES string of the molecule is CC(O[C@H]1OCCN[C@H]1c1ccc(F)cc1)c1cc(C(F)(F)F)c(Cl)c(C(F)(F)F)c1. The summed E-state index contributed by atoms with van der Waals surface area (Å²) in [6.45, 7) is 1.94. The highest BCUT2D eigenvalue weighted by atomic mass is 35.5. The molecule has 3 nitrogen and oxygen atoms in total. The molecule has 2 aromatic carbocycles. The molecule has 11 heteroatoms. The van der Waals surface area contributed by atoms with Crippen molar-refractivity contribution in [3.8, 4) is 0 Å². The Hall–Kier alpha value is -1.88. The molecule has 1 N–H and O–H groups in total. The number of hydrogen-bond donors (Lipinski definition) is 1. The molecule has 1 saturated heterocycles. The Kier molecular flexibility index (Phi) is 6.85. The fourth-order valence-corrected chi connectivity index (χ4v) is 3.54. The molecule has 1 fully saturated rings. The number of nitrogens with one attached hydrogen (secondary N) is 1. The first-order valence-corrected chi connectivity index (χ1v) is 9.49. The van der Waals surface area contributed by atoms with Crippen LogP contribution in [0.2, 0.25) is 5.02 Å². The molecule has 3 rings (SSSR count). The van der Waals surface area contributed by atoms with Crippen LogP contribution in [0.4, 0.5) is 30.7 Å². The van der Waals surface area contributed by atoms with Gasteiger partial charge >= 0.3 is 12.4 Å². The number of ether oxygens (including phenoxy) is 2. The average molecular weight is 472 g/mol. The second-order valence-electron chi connectivity index (χ2n) is 6.93. The number of alkyl halides is 6. The van der Waals surface area contributed by atoms with Gasteiger partial charge in [0.05, 0.1) is 34.9 Å². The van der Waals surface area contributed by atoms with Crippen LogP contribution in [0.3, 0.4) is 0 Å². The van der Waals surface area contributed by atoms with Crippen molar-refractivity contribution in [3.63, 3.8) is 0 Å². The van der Waals surface area contributed by atoms with Gasteiger partial charge < -0.3 is 14.8 Å². The molecular formula is C20H17ClF7NO2. The molecule has 0 saturated carbocycles. The molecule has 1 aliphatic heterocycles. The first-order valence-electron chi connectivity index (χ1n) is 9.11. The Bertz CT molecular complexity index is 880. The summed E-state index contributed by atoms with van der Waals surface area (Å²) in [7, 11) is 0. The highest BCUT2D eigenvalue weighted by molar-refractivity contribution is 6.32. The van der Waals surface area contributed by atoms with Gasteiger partial charge in [-0.25, -0.2) is 4.39 Å². The van der Waals surface area contributed by atoms with E-state index in [1.165, 1.54) is 31.2 Å². The average Bonchev–Trinajstić information content (AvgIpc) is 2.67. The summed E-state index contributed by atoms with van der Waals surface area (Å²) in [5, 5.41) is 1.67. The molecule has 0 aromatic heterocycles. The molecule has 0 aliphatic carbocycles. The smallest absolute Gasteiger partial charge is 0.349 e. The zero-order chi connectivity index (χ0) is 23.0. The van der Waals surface area contributed by atoms with E-state index in [4.69, 9.17) is 21.1 Å². The second kappa shape index (κ2) is 8.93. The van der Waals surface area contributed by atoms with Crippen molar-refractivity contribution in [3.05, 3.63) is 69.5 Å². The van der Waals surface area contributed by atoms with E-state index in [0.29, 0.717) is 24.2 Å². The number of morpholine rings is 1. The standard InChI is InChI=1S/C20H17ClF7NO2/c1-10(12-8-14(19(23,24)25)16(21)15(9-12)20(26,27)28)31-18-17(29-6-7-30-18)11-2-4-13(22)5-3-11/h2-5,8-10,17-18,29H,6-7H2,1H3/t10?,17-,18+/m0/s1. The largest absolute Gasteiger partial charge is 0.417 e. The molecule has 3 atom stereocenters. The van der Waals surface area contributed by atoms with E-state index < -0.39 is 52.8 Å². The molecule has 0 spiro atoms. The van der Waals surface area contributed by atoms with E-state index >= 15 is 0 Å². The fourth-order valence-electron chi connectivity index (χ4n) is 3.22. The van der Waals surface area contributed by atoms with Crippen molar-refractivity contribution >= 4 is 11.6 Å². The van der Waals surface area contributed by atoms with Crippen LogP contribution in [-0.2, 0) is 21.8 Å². The molecule has 0 radical (unpaired) electrons.